The van der Waals surface area contributed by atoms with Crippen molar-refractivity contribution in [2.75, 3.05) is 32.8 Å². The highest BCUT2D eigenvalue weighted by Gasteiger charge is 2.15. The standard InChI is InChI=1S/C12H17N3O3.C6H4ClF/c16-11-10(2-1-3-14-11)12(17)15-7-9-6-13-4-5-18-8-9;7-5-3-1-2-4-6(5)8/h1-3,9,13H,4-8H2,(H,14,16)(H,15,17);1-4H. The molecule has 1 fully saturated rings. The number of carbonyl (C=O) groups is 1. The van der Waals surface area contributed by atoms with Gasteiger partial charge in [-0.1, -0.05) is 23.7 Å². The Bertz CT molecular complexity index is 740. The molecule has 1 aromatic carbocycles. The number of rotatable bonds is 3. The van der Waals surface area contributed by atoms with Crippen LogP contribution in [0.15, 0.2) is 47.4 Å². The lowest BCUT2D eigenvalue weighted by atomic mass is 10.1. The second kappa shape index (κ2) is 10.7. The van der Waals surface area contributed by atoms with Crippen molar-refractivity contribution < 1.29 is 13.9 Å². The molecule has 3 N–H and O–H groups in total. The topological polar surface area (TPSA) is 83.2 Å². The maximum atomic E-state index is 12.2. The van der Waals surface area contributed by atoms with E-state index in [4.69, 9.17) is 16.3 Å². The number of aromatic amines is 1. The third kappa shape index (κ3) is 6.59. The van der Waals surface area contributed by atoms with Crippen molar-refractivity contribution in [2.24, 2.45) is 5.92 Å². The van der Waals surface area contributed by atoms with Crippen molar-refractivity contribution in [3.63, 3.8) is 0 Å². The van der Waals surface area contributed by atoms with Crippen LogP contribution in [0.25, 0.3) is 0 Å². The second-order valence-electron chi connectivity index (χ2n) is 5.68. The minimum absolute atomic E-state index is 0.139. The van der Waals surface area contributed by atoms with E-state index in [0.717, 1.165) is 13.1 Å². The average molecular weight is 382 g/mol. The molecule has 0 saturated carbocycles. The molecule has 0 aliphatic carbocycles. The zero-order valence-electron chi connectivity index (χ0n) is 14.1. The van der Waals surface area contributed by atoms with Crippen molar-refractivity contribution in [2.45, 2.75) is 0 Å². The summed E-state index contributed by atoms with van der Waals surface area (Å²) in [6.45, 7) is 3.47. The number of carbonyl (C=O) groups excluding carboxylic acids is 1. The van der Waals surface area contributed by atoms with Gasteiger partial charge in [-0.2, -0.15) is 0 Å². The second-order valence-corrected chi connectivity index (χ2v) is 6.09. The Hall–Kier alpha value is -2.22. The number of nitrogens with one attached hydrogen (secondary N) is 3. The molecule has 26 heavy (non-hydrogen) atoms. The molecule has 0 spiro atoms. The highest BCUT2D eigenvalue weighted by Crippen LogP contribution is 2.11. The van der Waals surface area contributed by atoms with Gasteiger partial charge in [0.15, 0.2) is 0 Å². The van der Waals surface area contributed by atoms with Gasteiger partial charge in [0.1, 0.15) is 11.4 Å². The number of hydrogen-bond donors (Lipinski definition) is 3. The number of aromatic nitrogens is 1. The molecule has 1 aliphatic heterocycles. The molecule has 1 aliphatic rings. The van der Waals surface area contributed by atoms with E-state index in [1.807, 2.05) is 0 Å². The lowest BCUT2D eigenvalue weighted by molar-refractivity contribution is 0.0920. The van der Waals surface area contributed by atoms with E-state index in [9.17, 15) is 14.0 Å². The van der Waals surface area contributed by atoms with Gasteiger partial charge in [-0.25, -0.2) is 4.39 Å². The van der Waals surface area contributed by atoms with Crippen molar-refractivity contribution in [3.8, 4) is 0 Å². The molecular weight excluding hydrogens is 361 g/mol. The molecule has 1 saturated heterocycles. The van der Waals surface area contributed by atoms with Crippen molar-refractivity contribution in [1.82, 2.24) is 15.6 Å². The molecule has 1 amide bonds. The van der Waals surface area contributed by atoms with E-state index in [1.165, 1.54) is 24.4 Å². The highest BCUT2D eigenvalue weighted by molar-refractivity contribution is 6.30. The molecule has 6 nitrogen and oxygen atoms in total. The molecule has 3 rings (SSSR count). The Balaban J connectivity index is 0.000000254. The van der Waals surface area contributed by atoms with Crippen LogP contribution in [0.2, 0.25) is 5.02 Å². The summed E-state index contributed by atoms with van der Waals surface area (Å²) in [6, 6.07) is 9.26. The minimum Gasteiger partial charge on any atom is -0.380 e. The van der Waals surface area contributed by atoms with Crippen LogP contribution >= 0.6 is 11.6 Å². The molecule has 140 valence electrons. The smallest absolute Gasteiger partial charge is 0.260 e. The normalized spacial score (nSPS) is 16.8. The van der Waals surface area contributed by atoms with Crippen molar-refractivity contribution >= 4 is 17.5 Å². The van der Waals surface area contributed by atoms with E-state index in [2.05, 4.69) is 15.6 Å². The molecule has 2 aromatic rings. The molecule has 1 aromatic heterocycles. The van der Waals surface area contributed by atoms with E-state index in [0.29, 0.717) is 19.8 Å². The number of ether oxygens (including phenoxy) is 1. The first kappa shape index (κ1) is 20.1. The van der Waals surface area contributed by atoms with Gasteiger partial charge >= 0.3 is 0 Å². The summed E-state index contributed by atoms with van der Waals surface area (Å²) in [5, 5.41) is 6.16. The predicted octanol–water partition coefficient (Wildman–Crippen LogP) is 1.82. The number of halogens is 2. The van der Waals surface area contributed by atoms with Crippen LogP contribution in [-0.4, -0.2) is 43.7 Å². The summed E-state index contributed by atoms with van der Waals surface area (Å²) in [5.41, 5.74) is -0.231. The van der Waals surface area contributed by atoms with Crippen LogP contribution in [0.5, 0.6) is 0 Å². The number of H-pyrrole nitrogens is 1. The van der Waals surface area contributed by atoms with Gasteiger partial charge in [0.25, 0.3) is 11.5 Å². The van der Waals surface area contributed by atoms with Gasteiger partial charge < -0.3 is 20.4 Å². The largest absolute Gasteiger partial charge is 0.380 e. The monoisotopic (exact) mass is 381 g/mol. The molecule has 2 heterocycles. The van der Waals surface area contributed by atoms with Crippen LogP contribution in [0, 0.1) is 11.7 Å². The quantitative estimate of drug-likeness (QED) is 0.757. The van der Waals surface area contributed by atoms with Crippen LogP contribution in [0.3, 0.4) is 0 Å². The first-order chi connectivity index (χ1) is 12.6. The Morgan fingerprint density at radius 3 is 2.81 bits per heavy atom. The SMILES string of the molecule is Fc1ccccc1Cl.O=C(NCC1CNCCOC1)c1ccc[nH]c1=O. The first-order valence-electron chi connectivity index (χ1n) is 8.22. The summed E-state index contributed by atoms with van der Waals surface area (Å²) in [4.78, 5) is 25.7. The van der Waals surface area contributed by atoms with Crippen LogP contribution in [0.4, 0.5) is 4.39 Å². The van der Waals surface area contributed by atoms with Crippen LogP contribution in [-0.2, 0) is 4.74 Å². The van der Waals surface area contributed by atoms with Gasteiger partial charge in [0.2, 0.25) is 0 Å². The van der Waals surface area contributed by atoms with Crippen LogP contribution < -0.4 is 16.2 Å². The summed E-state index contributed by atoms with van der Waals surface area (Å²) >= 11 is 5.33. The summed E-state index contributed by atoms with van der Waals surface area (Å²) in [5.74, 6) is -0.477. The Kier molecular flexibility index (Phi) is 8.27. The predicted molar refractivity (Wildman–Crippen MR) is 98.0 cm³/mol. The van der Waals surface area contributed by atoms with Crippen molar-refractivity contribution in [1.29, 1.82) is 0 Å². The summed E-state index contributed by atoms with van der Waals surface area (Å²) < 4.78 is 17.6. The van der Waals surface area contributed by atoms with Gasteiger partial charge in [-0.3, -0.25) is 9.59 Å². The molecule has 1 atom stereocenters. The third-order valence-corrected chi connectivity index (χ3v) is 3.95. The van der Waals surface area contributed by atoms with E-state index in [-0.39, 0.29) is 33.8 Å². The zero-order valence-corrected chi connectivity index (χ0v) is 14.9. The zero-order chi connectivity index (χ0) is 18.8. The number of pyridine rings is 1. The van der Waals surface area contributed by atoms with E-state index in [1.54, 1.807) is 18.2 Å². The fourth-order valence-corrected chi connectivity index (χ4v) is 2.40. The van der Waals surface area contributed by atoms with Crippen LogP contribution in [0.1, 0.15) is 10.4 Å². The first-order valence-corrected chi connectivity index (χ1v) is 8.60. The number of benzene rings is 1. The maximum absolute atomic E-state index is 12.2. The molecule has 8 heteroatoms. The maximum Gasteiger partial charge on any atom is 0.260 e. The Morgan fingerprint density at radius 1 is 1.31 bits per heavy atom. The van der Waals surface area contributed by atoms with Gasteiger partial charge in [-0.15, -0.1) is 0 Å². The van der Waals surface area contributed by atoms with Gasteiger partial charge in [0, 0.05) is 31.7 Å². The lowest BCUT2D eigenvalue weighted by Crippen LogP contribution is -2.37. The Morgan fingerprint density at radius 2 is 2.12 bits per heavy atom. The molecule has 1 unspecified atom stereocenters. The Labute approximate surface area is 155 Å². The number of hydrogen-bond acceptors (Lipinski definition) is 4. The van der Waals surface area contributed by atoms with E-state index >= 15 is 0 Å². The number of amides is 1. The third-order valence-electron chi connectivity index (χ3n) is 3.65. The minimum atomic E-state index is -0.370. The van der Waals surface area contributed by atoms with Crippen molar-refractivity contribution in [3.05, 3.63) is 69.4 Å². The summed E-state index contributed by atoms with van der Waals surface area (Å²) in [6.07, 6.45) is 1.50. The summed E-state index contributed by atoms with van der Waals surface area (Å²) in [7, 11) is 0. The average Bonchev–Trinajstić information content (AvgIpc) is 2.92. The van der Waals surface area contributed by atoms with Gasteiger partial charge in [0.05, 0.1) is 18.2 Å². The van der Waals surface area contributed by atoms with E-state index < -0.39 is 0 Å². The van der Waals surface area contributed by atoms with Gasteiger partial charge in [-0.05, 0) is 24.3 Å². The highest BCUT2D eigenvalue weighted by atomic mass is 35.5. The fraction of sp³-hybridized carbons (Fsp3) is 0.333. The lowest BCUT2D eigenvalue weighted by Gasteiger charge is -2.14. The molecule has 0 radical (unpaired) electrons. The molecular formula is C18H21ClFN3O3. The molecule has 0 bridgehead atoms. The fourth-order valence-electron chi connectivity index (χ4n) is 2.26.